The molecule has 0 rings (SSSR count). The third-order valence-corrected chi connectivity index (χ3v) is 1.09. The van der Waals surface area contributed by atoms with Crippen LogP contribution in [0, 0.1) is 0 Å². The van der Waals surface area contributed by atoms with E-state index in [9.17, 15) is 0 Å². The summed E-state index contributed by atoms with van der Waals surface area (Å²) >= 11 is 0. The lowest BCUT2D eigenvalue weighted by Crippen LogP contribution is -2.01. The van der Waals surface area contributed by atoms with Crippen molar-refractivity contribution >= 4 is 0 Å². The van der Waals surface area contributed by atoms with Crippen LogP contribution in [-0.4, -0.2) is 6.04 Å². The van der Waals surface area contributed by atoms with Crippen LogP contribution in [0.15, 0.2) is 22.6 Å². The highest BCUT2D eigenvalue weighted by Gasteiger charge is 1.90. The summed E-state index contributed by atoms with van der Waals surface area (Å²) in [7, 11) is 0. The molecule has 1 atom stereocenters. The number of hydrogen-bond acceptors (Lipinski definition) is 2. The van der Waals surface area contributed by atoms with E-state index in [1.54, 1.807) is 0 Å². The molecule has 0 aromatic rings. The first kappa shape index (κ1) is 9.14. The van der Waals surface area contributed by atoms with Gasteiger partial charge in [-0.25, -0.2) is 0 Å². The number of allylic oxidation sites excluding steroid dienone is 1. The lowest BCUT2D eigenvalue weighted by atomic mass is 10.3. The van der Waals surface area contributed by atoms with Crippen molar-refractivity contribution in [2.45, 2.75) is 33.2 Å². The van der Waals surface area contributed by atoms with Gasteiger partial charge in [0.1, 0.15) is 0 Å². The molecule has 0 fully saturated rings. The van der Waals surface area contributed by atoms with E-state index < -0.39 is 0 Å². The first-order chi connectivity index (χ1) is 4.66. The zero-order valence-electron chi connectivity index (χ0n) is 6.89. The number of nitrogens with one attached hydrogen (secondary N) is 1. The predicted octanol–water partition coefficient (Wildman–Crippen LogP) is 2.28. The second kappa shape index (κ2) is 4.97. The predicted molar refractivity (Wildman–Crippen MR) is 42.6 cm³/mol. The fourth-order valence-corrected chi connectivity index (χ4v) is 0.294. The van der Waals surface area contributed by atoms with Crippen LogP contribution in [0.4, 0.5) is 0 Å². The summed E-state index contributed by atoms with van der Waals surface area (Å²) in [4.78, 5) is 0. The van der Waals surface area contributed by atoms with Crippen LogP contribution in [-0.2, 0) is 0 Å². The molecule has 0 aliphatic rings. The Kier molecular flexibility index (Phi) is 4.54. The van der Waals surface area contributed by atoms with Crippen molar-refractivity contribution in [1.29, 1.82) is 0 Å². The summed E-state index contributed by atoms with van der Waals surface area (Å²) in [5, 5.41) is 7.65. The van der Waals surface area contributed by atoms with Crippen LogP contribution in [0.2, 0.25) is 0 Å². The molecule has 0 saturated carbocycles. The summed E-state index contributed by atoms with van der Waals surface area (Å²) < 4.78 is 0. The van der Waals surface area contributed by atoms with Crippen molar-refractivity contribution in [3.05, 3.63) is 12.3 Å². The van der Waals surface area contributed by atoms with E-state index in [0.29, 0.717) is 6.04 Å². The number of nitrogens with zero attached hydrogens (tertiary/aromatic N) is 2. The van der Waals surface area contributed by atoms with Crippen molar-refractivity contribution < 1.29 is 0 Å². The van der Waals surface area contributed by atoms with E-state index in [0.717, 1.165) is 12.1 Å². The molecule has 0 aliphatic carbocycles. The Morgan fingerprint density at radius 3 is 2.70 bits per heavy atom. The molecular formula is C7H15N3. The largest absolute Gasteiger partial charge is 0.265 e. The van der Waals surface area contributed by atoms with Gasteiger partial charge in [-0.15, -0.1) is 0 Å². The van der Waals surface area contributed by atoms with Gasteiger partial charge in [-0.2, -0.15) is 5.11 Å². The monoisotopic (exact) mass is 141 g/mol. The van der Waals surface area contributed by atoms with Gasteiger partial charge in [-0.05, 0) is 20.3 Å². The van der Waals surface area contributed by atoms with E-state index in [1.165, 1.54) is 0 Å². The Labute approximate surface area is 62.2 Å². The molecule has 0 aromatic heterocycles. The van der Waals surface area contributed by atoms with Crippen LogP contribution in [0.1, 0.15) is 27.2 Å². The molecule has 3 heteroatoms. The Bertz CT molecular complexity index is 129. The molecule has 1 unspecified atom stereocenters. The fraction of sp³-hybridized carbons (Fsp3) is 0.714. The van der Waals surface area contributed by atoms with Crippen LogP contribution in [0.25, 0.3) is 0 Å². The zero-order chi connectivity index (χ0) is 7.98. The zero-order valence-corrected chi connectivity index (χ0v) is 6.89. The van der Waals surface area contributed by atoms with E-state index >= 15 is 0 Å². The molecule has 3 nitrogen and oxygen atoms in total. The summed E-state index contributed by atoms with van der Waals surface area (Å²) in [5.41, 5.74) is 3.49. The van der Waals surface area contributed by atoms with Crippen molar-refractivity contribution in [3.8, 4) is 0 Å². The van der Waals surface area contributed by atoms with Gasteiger partial charge in [0.05, 0.1) is 6.04 Å². The molecule has 0 spiro atoms. The maximum absolute atomic E-state index is 3.94. The molecule has 0 aromatic carbocycles. The van der Waals surface area contributed by atoms with Crippen molar-refractivity contribution in [2.75, 3.05) is 0 Å². The average Bonchev–Trinajstić information content (AvgIpc) is 1.87. The first-order valence-electron chi connectivity index (χ1n) is 3.48. The van der Waals surface area contributed by atoms with E-state index in [2.05, 4.69) is 29.3 Å². The maximum atomic E-state index is 3.94. The Hall–Kier alpha value is -0.860. The van der Waals surface area contributed by atoms with Crippen LogP contribution >= 0.6 is 0 Å². The van der Waals surface area contributed by atoms with Gasteiger partial charge in [-0.1, -0.05) is 18.7 Å². The van der Waals surface area contributed by atoms with Gasteiger partial charge in [-0.3, -0.25) is 5.43 Å². The average molecular weight is 141 g/mol. The standard InChI is InChI=1S/C7H15N3/c1-5-7(4)9-10-8-6(2)3/h7H,2,5H2,1,3-4H3,(H,8,9). The summed E-state index contributed by atoms with van der Waals surface area (Å²) in [6.45, 7) is 9.55. The molecule has 0 amide bonds. The Morgan fingerprint density at radius 1 is 1.70 bits per heavy atom. The van der Waals surface area contributed by atoms with Crippen LogP contribution in [0.3, 0.4) is 0 Å². The molecule has 0 radical (unpaired) electrons. The highest BCUT2D eigenvalue weighted by Crippen LogP contribution is 1.94. The molecular weight excluding hydrogens is 126 g/mol. The van der Waals surface area contributed by atoms with Crippen molar-refractivity contribution in [2.24, 2.45) is 10.3 Å². The molecule has 0 aliphatic heterocycles. The van der Waals surface area contributed by atoms with Gasteiger partial charge < -0.3 is 0 Å². The molecule has 0 bridgehead atoms. The molecule has 10 heavy (non-hydrogen) atoms. The van der Waals surface area contributed by atoms with Gasteiger partial charge in [0, 0.05) is 5.70 Å². The summed E-state index contributed by atoms with van der Waals surface area (Å²) in [6.07, 6.45) is 1.02. The first-order valence-corrected chi connectivity index (χ1v) is 3.48. The topological polar surface area (TPSA) is 36.8 Å². The fourth-order valence-electron chi connectivity index (χ4n) is 0.294. The smallest absolute Gasteiger partial charge is 0.0699 e. The third kappa shape index (κ3) is 5.28. The number of hydrogen-bond donors (Lipinski definition) is 1. The van der Waals surface area contributed by atoms with E-state index in [1.807, 2.05) is 13.8 Å². The maximum Gasteiger partial charge on any atom is 0.0699 e. The lowest BCUT2D eigenvalue weighted by Gasteiger charge is -1.98. The summed E-state index contributed by atoms with van der Waals surface area (Å²) in [5.74, 6) is 0. The van der Waals surface area contributed by atoms with Crippen molar-refractivity contribution in [3.63, 3.8) is 0 Å². The van der Waals surface area contributed by atoms with Gasteiger partial charge >= 0.3 is 0 Å². The van der Waals surface area contributed by atoms with Crippen LogP contribution in [0.5, 0.6) is 0 Å². The number of rotatable bonds is 4. The van der Waals surface area contributed by atoms with Gasteiger partial charge in [0.2, 0.25) is 0 Å². The second-order valence-electron chi connectivity index (χ2n) is 2.36. The normalized spacial score (nSPS) is 13.5. The Balaban J connectivity index is 3.45. The Morgan fingerprint density at radius 2 is 2.30 bits per heavy atom. The van der Waals surface area contributed by atoms with Gasteiger partial charge in [0.25, 0.3) is 0 Å². The third-order valence-electron chi connectivity index (χ3n) is 1.09. The molecule has 0 heterocycles. The van der Waals surface area contributed by atoms with Crippen molar-refractivity contribution in [1.82, 2.24) is 5.43 Å². The lowest BCUT2D eigenvalue weighted by molar-refractivity contribution is 0.632. The minimum absolute atomic E-state index is 0.298. The minimum Gasteiger partial charge on any atom is -0.265 e. The molecule has 1 N–H and O–H groups in total. The molecule has 0 saturated heterocycles. The highest BCUT2D eigenvalue weighted by molar-refractivity contribution is 4.81. The minimum atomic E-state index is 0.298. The second-order valence-corrected chi connectivity index (χ2v) is 2.36. The SMILES string of the molecule is C=C(C)NN=NC(C)CC. The van der Waals surface area contributed by atoms with Crippen LogP contribution < -0.4 is 5.43 Å². The van der Waals surface area contributed by atoms with E-state index in [-0.39, 0.29) is 0 Å². The van der Waals surface area contributed by atoms with Gasteiger partial charge in [0.15, 0.2) is 0 Å². The quantitative estimate of drug-likeness (QED) is 0.473. The highest BCUT2D eigenvalue weighted by atomic mass is 15.4. The summed E-state index contributed by atoms with van der Waals surface area (Å²) in [6, 6.07) is 0.298. The molecule has 58 valence electrons. The van der Waals surface area contributed by atoms with E-state index in [4.69, 9.17) is 0 Å².